The molecule has 104 valence electrons. The van der Waals surface area contributed by atoms with Gasteiger partial charge in [-0.25, -0.2) is 0 Å². The highest BCUT2D eigenvalue weighted by Gasteiger charge is 2.24. The van der Waals surface area contributed by atoms with Crippen molar-refractivity contribution in [3.8, 4) is 0 Å². The van der Waals surface area contributed by atoms with Gasteiger partial charge in [-0.2, -0.15) is 0 Å². The molecular weight excluding hydrogens is 328 g/mol. The minimum absolute atomic E-state index is 0.0157. The predicted octanol–water partition coefficient (Wildman–Crippen LogP) is 2.50. The topological polar surface area (TPSA) is 49.4 Å². The number of piperidine rings is 1. The first kappa shape index (κ1) is 14.5. The second kappa shape index (κ2) is 6.52. The zero-order valence-corrected chi connectivity index (χ0v) is 13.2. The lowest BCUT2D eigenvalue weighted by atomic mass is 9.96. The minimum Gasteiger partial charge on any atom is -0.356 e. The van der Waals surface area contributed by atoms with Gasteiger partial charge in [0.2, 0.25) is 5.91 Å². The third-order valence-electron chi connectivity index (χ3n) is 3.33. The summed E-state index contributed by atoms with van der Waals surface area (Å²) in [5, 5.41) is 2.85. The quantitative estimate of drug-likeness (QED) is 0.915. The summed E-state index contributed by atoms with van der Waals surface area (Å²) >= 11 is 4.85. The van der Waals surface area contributed by atoms with E-state index in [4.69, 9.17) is 0 Å². The van der Waals surface area contributed by atoms with Crippen molar-refractivity contribution in [3.05, 3.63) is 20.8 Å². The standard InChI is InChI=1S/C13H17BrN2O2S/c1-9(17)15-8-10-4-6-16(7-5-10)13(18)11-2-3-12(14)19-11/h2-3,10H,4-8H2,1H3,(H,15,17). The Morgan fingerprint density at radius 3 is 2.63 bits per heavy atom. The number of rotatable bonds is 3. The van der Waals surface area contributed by atoms with Crippen LogP contribution in [0.4, 0.5) is 0 Å². The maximum atomic E-state index is 12.2. The molecular formula is C13H17BrN2O2S. The first-order chi connectivity index (χ1) is 9.06. The van der Waals surface area contributed by atoms with Crippen LogP contribution in [0.1, 0.15) is 29.4 Å². The lowest BCUT2D eigenvalue weighted by Gasteiger charge is -2.31. The van der Waals surface area contributed by atoms with Gasteiger partial charge in [-0.3, -0.25) is 9.59 Å². The highest BCUT2D eigenvalue weighted by atomic mass is 79.9. The zero-order chi connectivity index (χ0) is 13.8. The van der Waals surface area contributed by atoms with Crippen molar-refractivity contribution in [2.24, 2.45) is 5.92 Å². The van der Waals surface area contributed by atoms with Gasteiger partial charge in [-0.05, 0) is 46.8 Å². The second-order valence-electron chi connectivity index (χ2n) is 4.78. The minimum atomic E-state index is 0.0157. The highest BCUT2D eigenvalue weighted by Crippen LogP contribution is 2.25. The molecule has 2 rings (SSSR count). The van der Waals surface area contributed by atoms with E-state index >= 15 is 0 Å². The summed E-state index contributed by atoms with van der Waals surface area (Å²) in [6.07, 6.45) is 1.91. The fourth-order valence-electron chi connectivity index (χ4n) is 2.21. The molecule has 1 aromatic heterocycles. The lowest BCUT2D eigenvalue weighted by Crippen LogP contribution is -2.41. The van der Waals surface area contributed by atoms with Crippen LogP contribution in [-0.4, -0.2) is 36.3 Å². The van der Waals surface area contributed by atoms with Crippen LogP contribution in [-0.2, 0) is 4.79 Å². The van der Waals surface area contributed by atoms with Gasteiger partial charge >= 0.3 is 0 Å². The molecule has 0 radical (unpaired) electrons. The van der Waals surface area contributed by atoms with Crippen LogP contribution < -0.4 is 5.32 Å². The number of halogens is 1. The molecule has 1 saturated heterocycles. The summed E-state index contributed by atoms with van der Waals surface area (Å²) in [4.78, 5) is 25.8. The Labute approximate surface area is 125 Å². The van der Waals surface area contributed by atoms with Gasteiger partial charge in [0.05, 0.1) is 8.66 Å². The van der Waals surface area contributed by atoms with E-state index in [-0.39, 0.29) is 11.8 Å². The van der Waals surface area contributed by atoms with E-state index in [1.165, 1.54) is 18.3 Å². The summed E-state index contributed by atoms with van der Waals surface area (Å²) in [6.45, 7) is 3.81. The number of nitrogens with one attached hydrogen (secondary N) is 1. The second-order valence-corrected chi connectivity index (χ2v) is 7.24. The van der Waals surface area contributed by atoms with Crippen molar-refractivity contribution in [2.45, 2.75) is 19.8 Å². The van der Waals surface area contributed by atoms with Crippen LogP contribution >= 0.6 is 27.3 Å². The molecule has 1 aromatic rings. The Hall–Kier alpha value is -0.880. The normalized spacial score (nSPS) is 16.4. The van der Waals surface area contributed by atoms with Gasteiger partial charge in [0.1, 0.15) is 0 Å². The third kappa shape index (κ3) is 4.04. The van der Waals surface area contributed by atoms with Crippen molar-refractivity contribution >= 4 is 39.1 Å². The fourth-order valence-corrected chi connectivity index (χ4v) is 3.57. The van der Waals surface area contributed by atoms with Crippen molar-refractivity contribution in [1.82, 2.24) is 10.2 Å². The van der Waals surface area contributed by atoms with E-state index in [0.717, 1.165) is 41.1 Å². The van der Waals surface area contributed by atoms with Crippen LogP contribution in [0.5, 0.6) is 0 Å². The molecule has 1 aliphatic rings. The van der Waals surface area contributed by atoms with E-state index in [1.54, 1.807) is 0 Å². The maximum absolute atomic E-state index is 12.2. The molecule has 0 spiro atoms. The Morgan fingerprint density at radius 1 is 1.42 bits per heavy atom. The van der Waals surface area contributed by atoms with E-state index in [2.05, 4.69) is 21.2 Å². The maximum Gasteiger partial charge on any atom is 0.263 e. The molecule has 1 aliphatic heterocycles. The Bertz CT molecular complexity index is 467. The number of nitrogens with zero attached hydrogens (tertiary/aromatic N) is 1. The number of carbonyl (C=O) groups excluding carboxylic acids is 2. The largest absolute Gasteiger partial charge is 0.356 e. The molecule has 0 unspecified atom stereocenters. The molecule has 2 amide bonds. The number of likely N-dealkylation sites (tertiary alicyclic amines) is 1. The molecule has 1 N–H and O–H groups in total. The van der Waals surface area contributed by atoms with Gasteiger partial charge in [0.15, 0.2) is 0 Å². The first-order valence-corrected chi connectivity index (χ1v) is 7.96. The molecule has 4 nitrogen and oxygen atoms in total. The molecule has 0 aromatic carbocycles. The number of carbonyl (C=O) groups is 2. The Balaban J connectivity index is 1.83. The number of hydrogen-bond acceptors (Lipinski definition) is 3. The van der Waals surface area contributed by atoms with E-state index in [1.807, 2.05) is 17.0 Å². The van der Waals surface area contributed by atoms with Crippen LogP contribution in [0.15, 0.2) is 15.9 Å². The molecule has 2 heterocycles. The summed E-state index contributed by atoms with van der Waals surface area (Å²) in [6, 6.07) is 3.77. The highest BCUT2D eigenvalue weighted by molar-refractivity contribution is 9.11. The molecule has 0 bridgehead atoms. The van der Waals surface area contributed by atoms with Gasteiger partial charge < -0.3 is 10.2 Å². The van der Waals surface area contributed by atoms with Crippen molar-refractivity contribution in [3.63, 3.8) is 0 Å². The third-order valence-corrected chi connectivity index (χ3v) is 4.94. The van der Waals surface area contributed by atoms with Gasteiger partial charge in [0, 0.05) is 26.6 Å². The first-order valence-electron chi connectivity index (χ1n) is 6.35. The van der Waals surface area contributed by atoms with Gasteiger partial charge in [-0.15, -0.1) is 11.3 Å². The van der Waals surface area contributed by atoms with Gasteiger partial charge in [0.25, 0.3) is 5.91 Å². The monoisotopic (exact) mass is 344 g/mol. The van der Waals surface area contributed by atoms with Crippen LogP contribution in [0.3, 0.4) is 0 Å². The van der Waals surface area contributed by atoms with Gasteiger partial charge in [-0.1, -0.05) is 0 Å². The summed E-state index contributed by atoms with van der Waals surface area (Å²) in [5.74, 6) is 0.624. The van der Waals surface area contributed by atoms with Crippen molar-refractivity contribution < 1.29 is 9.59 Å². The molecule has 6 heteroatoms. The van der Waals surface area contributed by atoms with Crippen LogP contribution in [0.25, 0.3) is 0 Å². The number of thiophene rings is 1. The molecule has 0 saturated carbocycles. The Kier molecular flexibility index (Phi) is 4.99. The van der Waals surface area contributed by atoms with E-state index in [0.29, 0.717) is 5.92 Å². The van der Waals surface area contributed by atoms with Crippen LogP contribution in [0.2, 0.25) is 0 Å². The van der Waals surface area contributed by atoms with E-state index in [9.17, 15) is 9.59 Å². The molecule has 19 heavy (non-hydrogen) atoms. The smallest absolute Gasteiger partial charge is 0.263 e. The SMILES string of the molecule is CC(=O)NCC1CCN(C(=O)c2ccc(Br)s2)CC1. The lowest BCUT2D eigenvalue weighted by molar-refractivity contribution is -0.119. The summed E-state index contributed by atoms with van der Waals surface area (Å²) in [7, 11) is 0. The number of amides is 2. The summed E-state index contributed by atoms with van der Waals surface area (Å²) < 4.78 is 0.983. The molecule has 1 fully saturated rings. The number of hydrogen-bond donors (Lipinski definition) is 1. The zero-order valence-electron chi connectivity index (χ0n) is 10.8. The van der Waals surface area contributed by atoms with Crippen molar-refractivity contribution in [2.75, 3.05) is 19.6 Å². The average Bonchev–Trinajstić information content (AvgIpc) is 2.83. The van der Waals surface area contributed by atoms with Crippen molar-refractivity contribution in [1.29, 1.82) is 0 Å². The summed E-state index contributed by atoms with van der Waals surface area (Å²) in [5.41, 5.74) is 0. The Morgan fingerprint density at radius 2 is 2.11 bits per heavy atom. The molecule has 0 atom stereocenters. The average molecular weight is 345 g/mol. The van der Waals surface area contributed by atoms with E-state index < -0.39 is 0 Å². The van der Waals surface area contributed by atoms with Crippen LogP contribution in [0, 0.1) is 5.92 Å². The fraction of sp³-hybridized carbons (Fsp3) is 0.538. The molecule has 0 aliphatic carbocycles. The predicted molar refractivity (Wildman–Crippen MR) is 79.3 cm³/mol.